The lowest BCUT2D eigenvalue weighted by molar-refractivity contribution is 0.281. The molecule has 0 aliphatic rings. The van der Waals surface area contributed by atoms with Crippen LogP contribution in [0, 0.1) is 5.82 Å². The summed E-state index contributed by atoms with van der Waals surface area (Å²) in [4.78, 5) is 1.74. The van der Waals surface area contributed by atoms with E-state index in [1.165, 1.54) is 17.4 Å². The fraction of sp³-hybridized carbons (Fsp3) is 0.538. The zero-order valence-corrected chi connectivity index (χ0v) is 13.9. The van der Waals surface area contributed by atoms with E-state index >= 15 is 0 Å². The number of hydrogen-bond acceptors (Lipinski definition) is 4. The first kappa shape index (κ1) is 18.3. The van der Waals surface area contributed by atoms with Crippen LogP contribution in [0.5, 0.6) is 0 Å². The number of hydrogen-bond donors (Lipinski definition) is 1. The van der Waals surface area contributed by atoms with E-state index in [0.717, 1.165) is 12.6 Å². The molecular formula is C13H20ClFN2O3S. The van der Waals surface area contributed by atoms with E-state index in [-0.39, 0.29) is 15.5 Å². The average molecular weight is 339 g/mol. The van der Waals surface area contributed by atoms with Crippen LogP contribution < -0.4 is 0 Å². The second-order valence-corrected chi connectivity index (χ2v) is 7.44. The zero-order chi connectivity index (χ0) is 16.2. The van der Waals surface area contributed by atoms with Crippen LogP contribution in [0.25, 0.3) is 0 Å². The van der Waals surface area contributed by atoms with Crippen LogP contribution in [0.15, 0.2) is 17.0 Å². The van der Waals surface area contributed by atoms with Crippen molar-refractivity contribution < 1.29 is 17.9 Å². The third-order valence-electron chi connectivity index (χ3n) is 3.03. The topological polar surface area (TPSA) is 60.9 Å². The van der Waals surface area contributed by atoms with Crippen molar-refractivity contribution in [3.05, 3.63) is 28.5 Å². The Bertz CT molecular complexity index is 593. The molecular weight excluding hydrogens is 319 g/mol. The normalized spacial score (nSPS) is 12.4. The molecule has 0 spiro atoms. The lowest BCUT2D eigenvalue weighted by atomic mass is 10.2. The Morgan fingerprint density at radius 3 is 2.38 bits per heavy atom. The van der Waals surface area contributed by atoms with Crippen LogP contribution in [-0.4, -0.2) is 57.0 Å². The Kier molecular flexibility index (Phi) is 6.55. The van der Waals surface area contributed by atoms with Gasteiger partial charge in [-0.1, -0.05) is 11.6 Å². The second kappa shape index (κ2) is 7.51. The molecule has 0 heterocycles. The summed E-state index contributed by atoms with van der Waals surface area (Å²) >= 11 is 5.66. The SMILES string of the molecule is CN(C)CCCN(C)S(=O)(=O)c1cc(F)c(Cl)c(CO)c1. The quantitative estimate of drug-likeness (QED) is 0.819. The molecule has 0 aliphatic carbocycles. The van der Waals surface area contributed by atoms with Gasteiger partial charge in [-0.3, -0.25) is 0 Å². The predicted molar refractivity (Wildman–Crippen MR) is 80.3 cm³/mol. The van der Waals surface area contributed by atoms with Crippen molar-refractivity contribution in [2.24, 2.45) is 0 Å². The maximum Gasteiger partial charge on any atom is 0.242 e. The number of sulfonamides is 1. The van der Waals surface area contributed by atoms with Crippen LogP contribution >= 0.6 is 11.6 Å². The van der Waals surface area contributed by atoms with Gasteiger partial charge < -0.3 is 10.0 Å². The highest BCUT2D eigenvalue weighted by Gasteiger charge is 2.23. The van der Waals surface area contributed by atoms with Crippen molar-refractivity contribution in [1.29, 1.82) is 0 Å². The van der Waals surface area contributed by atoms with E-state index in [2.05, 4.69) is 0 Å². The monoisotopic (exact) mass is 338 g/mol. The summed E-state index contributed by atoms with van der Waals surface area (Å²) < 4.78 is 39.5. The predicted octanol–water partition coefficient (Wildman–Crippen LogP) is 1.54. The number of aliphatic hydroxyl groups excluding tert-OH is 1. The first-order valence-electron chi connectivity index (χ1n) is 6.40. The summed E-state index contributed by atoms with van der Waals surface area (Å²) in [6.45, 7) is 0.541. The summed E-state index contributed by atoms with van der Waals surface area (Å²) in [7, 11) is 1.44. The van der Waals surface area contributed by atoms with E-state index in [0.29, 0.717) is 13.0 Å². The molecule has 0 bridgehead atoms. The summed E-state index contributed by atoms with van der Waals surface area (Å²) in [6, 6.07) is 2.07. The van der Waals surface area contributed by atoms with Gasteiger partial charge in [0.15, 0.2) is 0 Å². The Labute approximate surface area is 130 Å². The molecule has 0 fully saturated rings. The van der Waals surface area contributed by atoms with Gasteiger partial charge in [0.2, 0.25) is 10.0 Å². The third kappa shape index (κ3) is 4.62. The van der Waals surface area contributed by atoms with Gasteiger partial charge in [0.25, 0.3) is 0 Å². The van der Waals surface area contributed by atoms with Crippen LogP contribution in [0.2, 0.25) is 5.02 Å². The highest BCUT2D eigenvalue weighted by molar-refractivity contribution is 7.89. The van der Waals surface area contributed by atoms with Gasteiger partial charge in [0.05, 0.1) is 16.5 Å². The number of halogens is 2. The molecule has 0 atom stereocenters. The summed E-state index contributed by atoms with van der Waals surface area (Å²) in [5.74, 6) is -0.858. The second-order valence-electron chi connectivity index (χ2n) is 5.02. The Morgan fingerprint density at radius 1 is 1.24 bits per heavy atom. The van der Waals surface area contributed by atoms with Gasteiger partial charge in [-0.15, -0.1) is 0 Å². The highest BCUT2D eigenvalue weighted by Crippen LogP contribution is 2.26. The molecule has 0 saturated carbocycles. The molecule has 0 saturated heterocycles. The first-order chi connectivity index (χ1) is 9.70. The molecule has 1 rings (SSSR count). The largest absolute Gasteiger partial charge is 0.392 e. The maximum atomic E-state index is 13.6. The van der Waals surface area contributed by atoms with Gasteiger partial charge in [-0.25, -0.2) is 17.1 Å². The smallest absolute Gasteiger partial charge is 0.242 e. The molecule has 5 nitrogen and oxygen atoms in total. The molecule has 0 amide bonds. The van der Waals surface area contributed by atoms with Crippen molar-refractivity contribution in [3.8, 4) is 0 Å². The maximum absolute atomic E-state index is 13.6. The zero-order valence-electron chi connectivity index (χ0n) is 12.3. The third-order valence-corrected chi connectivity index (χ3v) is 5.29. The van der Waals surface area contributed by atoms with E-state index < -0.39 is 22.4 Å². The molecule has 0 aromatic heterocycles. The van der Waals surface area contributed by atoms with Crippen molar-refractivity contribution in [3.63, 3.8) is 0 Å². The minimum Gasteiger partial charge on any atom is -0.392 e. The Balaban J connectivity index is 2.99. The summed E-state index contributed by atoms with van der Waals surface area (Å²) in [6.07, 6.45) is 0.658. The molecule has 1 aromatic rings. The molecule has 1 N–H and O–H groups in total. The molecule has 1 aromatic carbocycles. The van der Waals surface area contributed by atoms with Crippen LogP contribution in [0.1, 0.15) is 12.0 Å². The Hall–Kier alpha value is -0.730. The fourth-order valence-corrected chi connectivity index (χ4v) is 3.23. The van der Waals surface area contributed by atoms with E-state index in [1.807, 2.05) is 19.0 Å². The number of rotatable bonds is 7. The van der Waals surface area contributed by atoms with Crippen LogP contribution in [-0.2, 0) is 16.6 Å². The molecule has 21 heavy (non-hydrogen) atoms. The van der Waals surface area contributed by atoms with E-state index in [4.69, 9.17) is 16.7 Å². The van der Waals surface area contributed by atoms with Gasteiger partial charge in [0, 0.05) is 19.2 Å². The van der Waals surface area contributed by atoms with Crippen LogP contribution in [0.3, 0.4) is 0 Å². The summed E-state index contributed by atoms with van der Waals surface area (Å²) in [5, 5.41) is 8.85. The van der Waals surface area contributed by atoms with Crippen molar-refractivity contribution in [2.75, 3.05) is 34.2 Å². The van der Waals surface area contributed by atoms with E-state index in [9.17, 15) is 12.8 Å². The minimum absolute atomic E-state index is 0.0527. The lowest BCUT2D eigenvalue weighted by Gasteiger charge is -2.19. The highest BCUT2D eigenvalue weighted by atomic mass is 35.5. The number of nitrogens with zero attached hydrogens (tertiary/aromatic N) is 2. The van der Waals surface area contributed by atoms with Crippen molar-refractivity contribution >= 4 is 21.6 Å². The molecule has 8 heteroatoms. The number of aliphatic hydroxyl groups is 1. The van der Waals surface area contributed by atoms with Gasteiger partial charge in [0.1, 0.15) is 5.82 Å². The van der Waals surface area contributed by atoms with Gasteiger partial charge in [-0.2, -0.15) is 0 Å². The van der Waals surface area contributed by atoms with E-state index in [1.54, 1.807) is 0 Å². The first-order valence-corrected chi connectivity index (χ1v) is 8.21. The molecule has 0 radical (unpaired) electrons. The Morgan fingerprint density at radius 2 is 1.86 bits per heavy atom. The lowest BCUT2D eigenvalue weighted by Crippen LogP contribution is -2.30. The minimum atomic E-state index is -3.80. The van der Waals surface area contributed by atoms with Crippen molar-refractivity contribution in [1.82, 2.24) is 9.21 Å². The van der Waals surface area contributed by atoms with Crippen LogP contribution in [0.4, 0.5) is 4.39 Å². The average Bonchev–Trinajstić information content (AvgIpc) is 2.40. The van der Waals surface area contributed by atoms with Gasteiger partial charge in [-0.05, 0) is 39.2 Å². The molecule has 0 unspecified atom stereocenters. The molecule has 0 aliphatic heterocycles. The standard InChI is InChI=1S/C13H20ClFN2O3S/c1-16(2)5-4-6-17(3)21(19,20)11-7-10(9-18)13(14)12(15)8-11/h7-8,18H,4-6,9H2,1-3H3. The van der Waals surface area contributed by atoms with Crippen molar-refractivity contribution in [2.45, 2.75) is 17.9 Å². The fourth-order valence-electron chi connectivity index (χ4n) is 1.79. The summed E-state index contributed by atoms with van der Waals surface area (Å²) in [5.41, 5.74) is 0.0527. The molecule has 120 valence electrons. The number of benzene rings is 1. The van der Waals surface area contributed by atoms with Gasteiger partial charge >= 0.3 is 0 Å².